The summed E-state index contributed by atoms with van der Waals surface area (Å²) in [5, 5.41) is 3.08. The van der Waals surface area contributed by atoms with Crippen molar-refractivity contribution in [2.24, 2.45) is 5.92 Å². The van der Waals surface area contributed by atoms with E-state index in [0.717, 1.165) is 48.7 Å². The third-order valence-corrected chi connectivity index (χ3v) is 5.70. The minimum Gasteiger partial charge on any atom is -0.356 e. The van der Waals surface area contributed by atoms with Crippen molar-refractivity contribution in [2.75, 3.05) is 23.3 Å². The molecule has 0 bridgehead atoms. The van der Waals surface area contributed by atoms with Gasteiger partial charge in [0.2, 0.25) is 5.91 Å². The van der Waals surface area contributed by atoms with E-state index >= 15 is 0 Å². The first kappa shape index (κ1) is 20.1. The summed E-state index contributed by atoms with van der Waals surface area (Å²) in [4.78, 5) is 24.3. The predicted octanol–water partition coefficient (Wildman–Crippen LogP) is 4.87. The highest BCUT2D eigenvalue weighted by Gasteiger charge is 2.27. The molecule has 5 heteroatoms. The molecule has 0 aliphatic carbocycles. The first-order valence-corrected chi connectivity index (χ1v) is 10.7. The second kappa shape index (κ2) is 9.08. The number of carbonyl (C=O) groups excluding carboxylic acids is 1. The lowest BCUT2D eigenvalue weighted by Gasteiger charge is -2.33. The van der Waals surface area contributed by atoms with Crippen molar-refractivity contribution in [3.8, 4) is 11.4 Å². The molecule has 1 saturated heterocycles. The molecular formula is C25H28N4O. The van der Waals surface area contributed by atoms with E-state index in [1.807, 2.05) is 30.3 Å². The number of aryl methyl sites for hydroxylation is 2. The Morgan fingerprint density at radius 3 is 2.60 bits per heavy atom. The summed E-state index contributed by atoms with van der Waals surface area (Å²) in [6.07, 6.45) is 4.66. The number of piperidine rings is 1. The number of nitrogens with one attached hydrogen (secondary N) is 1. The molecule has 30 heavy (non-hydrogen) atoms. The number of hydrogen-bond donors (Lipinski definition) is 1. The maximum absolute atomic E-state index is 12.8. The van der Waals surface area contributed by atoms with E-state index in [1.165, 1.54) is 11.1 Å². The van der Waals surface area contributed by atoms with Gasteiger partial charge in [-0.05, 0) is 49.9 Å². The van der Waals surface area contributed by atoms with Gasteiger partial charge >= 0.3 is 0 Å². The number of hydrogen-bond acceptors (Lipinski definition) is 4. The smallest absolute Gasteiger partial charge is 0.229 e. The number of amides is 1. The van der Waals surface area contributed by atoms with Crippen molar-refractivity contribution in [1.29, 1.82) is 0 Å². The normalized spacial score (nSPS) is 16.3. The van der Waals surface area contributed by atoms with Crippen LogP contribution < -0.4 is 10.2 Å². The number of benzene rings is 2. The van der Waals surface area contributed by atoms with Crippen molar-refractivity contribution < 1.29 is 4.79 Å². The Kier molecular flexibility index (Phi) is 6.07. The van der Waals surface area contributed by atoms with E-state index in [2.05, 4.69) is 53.3 Å². The molecule has 1 aliphatic heterocycles. The average Bonchev–Trinajstić information content (AvgIpc) is 2.80. The van der Waals surface area contributed by atoms with E-state index < -0.39 is 0 Å². The Hall–Kier alpha value is -3.21. The fourth-order valence-corrected chi connectivity index (χ4v) is 3.83. The SMILES string of the molecule is CCc1ccc(NC(=O)[C@@H]2CCCN(c3ccnc(-c4ccc(C)cc4)n3)C2)cc1. The molecule has 3 aromatic rings. The standard InChI is InChI=1S/C25H28N4O/c1-3-19-8-12-22(13-9-19)27-25(30)21-5-4-16-29(17-21)23-14-15-26-24(28-23)20-10-6-18(2)7-11-20/h6-15,21H,3-5,16-17H2,1-2H3,(H,27,30)/t21-/m1/s1. The van der Waals surface area contributed by atoms with Crippen LogP contribution in [-0.2, 0) is 11.2 Å². The number of rotatable bonds is 5. The lowest BCUT2D eigenvalue weighted by molar-refractivity contribution is -0.120. The Labute approximate surface area is 178 Å². The van der Waals surface area contributed by atoms with Gasteiger partial charge in [0.1, 0.15) is 5.82 Å². The maximum Gasteiger partial charge on any atom is 0.229 e. The van der Waals surface area contributed by atoms with Gasteiger partial charge in [-0.1, -0.05) is 48.9 Å². The summed E-state index contributed by atoms with van der Waals surface area (Å²) in [5.41, 5.74) is 4.34. The summed E-state index contributed by atoms with van der Waals surface area (Å²) < 4.78 is 0. The maximum atomic E-state index is 12.8. The molecule has 1 amide bonds. The van der Waals surface area contributed by atoms with Crippen molar-refractivity contribution in [1.82, 2.24) is 9.97 Å². The van der Waals surface area contributed by atoms with Crippen LogP contribution in [0.4, 0.5) is 11.5 Å². The molecule has 0 spiro atoms. The Bertz CT molecular complexity index is 998. The van der Waals surface area contributed by atoms with Gasteiger partial charge < -0.3 is 10.2 Å². The monoisotopic (exact) mass is 400 g/mol. The van der Waals surface area contributed by atoms with Crippen molar-refractivity contribution in [3.63, 3.8) is 0 Å². The highest BCUT2D eigenvalue weighted by atomic mass is 16.1. The first-order valence-electron chi connectivity index (χ1n) is 10.7. The largest absolute Gasteiger partial charge is 0.356 e. The fraction of sp³-hybridized carbons (Fsp3) is 0.320. The third-order valence-electron chi connectivity index (χ3n) is 5.70. The van der Waals surface area contributed by atoms with Crippen molar-refractivity contribution in [2.45, 2.75) is 33.1 Å². The van der Waals surface area contributed by atoms with Crippen LogP contribution in [0.2, 0.25) is 0 Å². The minimum absolute atomic E-state index is 0.0533. The molecule has 1 fully saturated rings. The highest BCUT2D eigenvalue weighted by Crippen LogP contribution is 2.25. The predicted molar refractivity (Wildman–Crippen MR) is 122 cm³/mol. The van der Waals surface area contributed by atoms with Gasteiger partial charge in [0.15, 0.2) is 5.82 Å². The molecule has 0 saturated carbocycles. The topological polar surface area (TPSA) is 58.1 Å². The molecule has 2 heterocycles. The summed E-state index contributed by atoms with van der Waals surface area (Å²) >= 11 is 0. The summed E-state index contributed by atoms with van der Waals surface area (Å²) in [5.74, 6) is 1.62. The van der Waals surface area contributed by atoms with Crippen LogP contribution in [0.3, 0.4) is 0 Å². The Morgan fingerprint density at radius 2 is 1.87 bits per heavy atom. The second-order valence-electron chi connectivity index (χ2n) is 7.93. The van der Waals surface area contributed by atoms with Crippen molar-refractivity contribution >= 4 is 17.4 Å². The molecule has 1 N–H and O–H groups in total. The highest BCUT2D eigenvalue weighted by molar-refractivity contribution is 5.93. The number of carbonyl (C=O) groups is 1. The van der Waals surface area contributed by atoms with Gasteiger partial charge in [-0.25, -0.2) is 9.97 Å². The van der Waals surface area contributed by atoms with Crippen LogP contribution in [0.25, 0.3) is 11.4 Å². The zero-order valence-corrected chi connectivity index (χ0v) is 17.6. The molecule has 4 rings (SSSR count). The van der Waals surface area contributed by atoms with E-state index in [1.54, 1.807) is 6.20 Å². The van der Waals surface area contributed by atoms with Crippen LogP contribution >= 0.6 is 0 Å². The van der Waals surface area contributed by atoms with Gasteiger partial charge in [-0.15, -0.1) is 0 Å². The molecule has 5 nitrogen and oxygen atoms in total. The lowest BCUT2D eigenvalue weighted by atomic mass is 9.97. The molecule has 1 atom stereocenters. The summed E-state index contributed by atoms with van der Waals surface area (Å²) in [6.45, 7) is 5.77. The van der Waals surface area contributed by atoms with Crippen LogP contribution in [0.15, 0.2) is 60.8 Å². The van der Waals surface area contributed by atoms with Gasteiger partial charge in [0.25, 0.3) is 0 Å². The van der Waals surface area contributed by atoms with Gasteiger partial charge in [0.05, 0.1) is 5.92 Å². The van der Waals surface area contributed by atoms with E-state index in [0.29, 0.717) is 6.54 Å². The lowest BCUT2D eigenvalue weighted by Crippen LogP contribution is -2.41. The zero-order chi connectivity index (χ0) is 20.9. The van der Waals surface area contributed by atoms with Gasteiger partial charge in [-0.2, -0.15) is 0 Å². The molecule has 1 aliphatic rings. The zero-order valence-electron chi connectivity index (χ0n) is 17.6. The van der Waals surface area contributed by atoms with Crippen LogP contribution in [0, 0.1) is 12.8 Å². The van der Waals surface area contributed by atoms with Crippen LogP contribution in [0.5, 0.6) is 0 Å². The fourth-order valence-electron chi connectivity index (χ4n) is 3.83. The molecule has 0 unspecified atom stereocenters. The van der Waals surface area contributed by atoms with Crippen LogP contribution in [-0.4, -0.2) is 29.0 Å². The molecule has 154 valence electrons. The average molecular weight is 401 g/mol. The quantitative estimate of drug-likeness (QED) is 0.664. The van der Waals surface area contributed by atoms with E-state index in [4.69, 9.17) is 4.98 Å². The van der Waals surface area contributed by atoms with Gasteiger partial charge in [-0.3, -0.25) is 4.79 Å². The number of anilines is 2. The molecule has 1 aromatic heterocycles. The van der Waals surface area contributed by atoms with E-state index in [-0.39, 0.29) is 11.8 Å². The molecule has 0 radical (unpaired) electrons. The molecular weight excluding hydrogens is 372 g/mol. The first-order chi connectivity index (χ1) is 14.6. The summed E-state index contributed by atoms with van der Waals surface area (Å²) in [7, 11) is 0. The van der Waals surface area contributed by atoms with Crippen molar-refractivity contribution in [3.05, 3.63) is 71.9 Å². The number of nitrogens with zero attached hydrogens (tertiary/aromatic N) is 3. The Balaban J connectivity index is 1.45. The Morgan fingerprint density at radius 1 is 1.10 bits per heavy atom. The third kappa shape index (κ3) is 4.67. The summed E-state index contributed by atoms with van der Waals surface area (Å²) in [6, 6.07) is 18.3. The molecule has 2 aromatic carbocycles. The second-order valence-corrected chi connectivity index (χ2v) is 7.93. The minimum atomic E-state index is -0.0533. The van der Waals surface area contributed by atoms with Crippen LogP contribution in [0.1, 0.15) is 30.9 Å². The van der Waals surface area contributed by atoms with Gasteiger partial charge in [0, 0.05) is 30.5 Å². The van der Waals surface area contributed by atoms with E-state index in [9.17, 15) is 4.79 Å². The number of aromatic nitrogens is 2.